The third-order valence-corrected chi connectivity index (χ3v) is 6.16. The Bertz CT molecular complexity index is 1330. The van der Waals surface area contributed by atoms with E-state index in [1.165, 1.54) is 18.3 Å². The van der Waals surface area contributed by atoms with Crippen LogP contribution in [0.3, 0.4) is 0 Å². The number of pyridine rings is 2. The van der Waals surface area contributed by atoms with Gasteiger partial charge in [0.25, 0.3) is 0 Å². The van der Waals surface area contributed by atoms with Crippen LogP contribution in [0.1, 0.15) is 31.4 Å². The predicted molar refractivity (Wildman–Crippen MR) is 134 cm³/mol. The number of aliphatic hydroxyl groups is 1. The van der Waals surface area contributed by atoms with Crippen LogP contribution in [0.25, 0.3) is 28.1 Å². The average Bonchev–Trinajstić information content (AvgIpc) is 3.45. The summed E-state index contributed by atoms with van der Waals surface area (Å²) < 4.78 is 39.5. The van der Waals surface area contributed by atoms with Gasteiger partial charge in [-0.15, -0.1) is 10.2 Å². The number of halogens is 3. The Kier molecular flexibility index (Phi) is 7.58. The quantitative estimate of drug-likeness (QED) is 0.383. The van der Waals surface area contributed by atoms with E-state index in [1.807, 2.05) is 31.2 Å². The number of benzene rings is 1. The number of aryl methyl sites for hydroxylation is 1. The first kappa shape index (κ1) is 26.0. The van der Waals surface area contributed by atoms with Gasteiger partial charge in [0.15, 0.2) is 11.5 Å². The number of rotatable bonds is 5. The smallest absolute Gasteiger partial charge is 0.393 e. The Morgan fingerprint density at radius 2 is 1.94 bits per heavy atom. The Balaban J connectivity index is 0.000000233. The highest BCUT2D eigenvalue weighted by molar-refractivity contribution is 5.83. The molecule has 36 heavy (non-hydrogen) atoms. The molecule has 4 aromatic rings. The van der Waals surface area contributed by atoms with Gasteiger partial charge in [-0.25, -0.2) is 4.98 Å². The molecule has 192 valence electrons. The molecule has 7 nitrogen and oxygen atoms in total. The average molecular weight is 501 g/mol. The van der Waals surface area contributed by atoms with Gasteiger partial charge in [-0.05, 0) is 43.1 Å². The topological polar surface area (TPSA) is 87.4 Å². The second-order valence-electron chi connectivity index (χ2n) is 9.59. The molecule has 0 saturated carbocycles. The van der Waals surface area contributed by atoms with Crippen LogP contribution < -0.4 is 10.6 Å². The molecule has 0 bridgehead atoms. The lowest BCUT2D eigenvalue weighted by atomic mass is 9.99. The van der Waals surface area contributed by atoms with Gasteiger partial charge >= 0.3 is 6.18 Å². The van der Waals surface area contributed by atoms with Gasteiger partial charge in [-0.3, -0.25) is 4.40 Å². The molecule has 3 N–H and O–H groups in total. The molecule has 1 unspecified atom stereocenters. The fourth-order valence-corrected chi connectivity index (χ4v) is 4.53. The first-order valence-electron chi connectivity index (χ1n) is 12.0. The minimum absolute atomic E-state index is 0.0475. The predicted octanol–water partition coefficient (Wildman–Crippen LogP) is 4.07. The van der Waals surface area contributed by atoms with Gasteiger partial charge in [0, 0.05) is 24.2 Å². The van der Waals surface area contributed by atoms with E-state index < -0.39 is 12.6 Å². The number of hydrogen-bond acceptors (Lipinski definition) is 6. The molecule has 5 rings (SSSR count). The number of nitrogens with one attached hydrogen (secondary N) is 2. The van der Waals surface area contributed by atoms with Gasteiger partial charge in [0.1, 0.15) is 5.69 Å². The van der Waals surface area contributed by atoms with Crippen molar-refractivity contribution in [2.75, 3.05) is 19.7 Å². The molecule has 1 aromatic carbocycles. The lowest BCUT2D eigenvalue weighted by Crippen LogP contribution is -2.53. The van der Waals surface area contributed by atoms with E-state index >= 15 is 0 Å². The van der Waals surface area contributed by atoms with E-state index in [4.69, 9.17) is 5.11 Å². The fraction of sp³-hybridized carbons (Fsp3) is 0.423. The maximum atomic E-state index is 12.7. The molecule has 0 spiro atoms. The maximum Gasteiger partial charge on any atom is 0.393 e. The number of aliphatic hydroxyl groups excluding tert-OH is 1. The summed E-state index contributed by atoms with van der Waals surface area (Å²) in [7, 11) is 0. The highest BCUT2D eigenvalue weighted by Gasteiger charge is 2.33. The van der Waals surface area contributed by atoms with Crippen LogP contribution in [0, 0.1) is 6.92 Å². The Morgan fingerprint density at radius 1 is 1.14 bits per heavy atom. The maximum absolute atomic E-state index is 12.7. The van der Waals surface area contributed by atoms with Crippen molar-refractivity contribution >= 4 is 16.6 Å². The summed E-state index contributed by atoms with van der Waals surface area (Å²) in [5.74, 6) is 0.421. The van der Waals surface area contributed by atoms with Crippen molar-refractivity contribution in [2.24, 2.45) is 0 Å². The summed E-state index contributed by atoms with van der Waals surface area (Å²) in [6, 6.07) is 13.0. The van der Waals surface area contributed by atoms with Crippen molar-refractivity contribution in [3.8, 4) is 11.5 Å². The molecular formula is C26H31F3N6O. The number of fused-ring (bicyclic) bond motifs is 2. The van der Waals surface area contributed by atoms with E-state index in [1.54, 1.807) is 10.5 Å². The van der Waals surface area contributed by atoms with Crippen molar-refractivity contribution in [3.05, 3.63) is 59.8 Å². The van der Waals surface area contributed by atoms with E-state index in [0.29, 0.717) is 23.2 Å². The zero-order chi connectivity index (χ0) is 25.9. The first-order chi connectivity index (χ1) is 17.1. The van der Waals surface area contributed by atoms with Crippen LogP contribution in [0.15, 0.2) is 48.7 Å². The first-order valence-corrected chi connectivity index (χ1v) is 12.0. The molecule has 1 saturated heterocycles. The molecule has 3 aromatic heterocycles. The summed E-state index contributed by atoms with van der Waals surface area (Å²) in [5, 5.41) is 24.9. The standard InChI is InChI=1S/C18H13F3N4.C8H18N2O/c1-11-3-2-4-13-6-7-14(22-16(11)13)17-24-23-15-8-5-12(10-25(15)17)9-18(19,20)21;1-7(2)10-8(6-11)3-4-9-5-8/h2-8,10H,9H2,1H3;7,9-11H,3-6H2,1-2H3. The molecule has 4 heterocycles. The van der Waals surface area contributed by atoms with Crippen LogP contribution in [-0.2, 0) is 6.42 Å². The largest absolute Gasteiger partial charge is 0.394 e. The second kappa shape index (κ2) is 10.5. The molecule has 10 heteroatoms. The van der Waals surface area contributed by atoms with E-state index in [-0.39, 0.29) is 17.7 Å². The Hall–Kier alpha value is -3.08. The second-order valence-corrected chi connectivity index (χ2v) is 9.59. The van der Waals surface area contributed by atoms with Crippen LogP contribution >= 0.6 is 0 Å². The molecule has 1 fully saturated rings. The molecule has 1 aliphatic rings. The normalized spacial score (nSPS) is 18.1. The van der Waals surface area contributed by atoms with Gasteiger partial charge in [0.05, 0.1) is 24.1 Å². The van der Waals surface area contributed by atoms with Gasteiger partial charge in [0.2, 0.25) is 0 Å². The van der Waals surface area contributed by atoms with Crippen molar-refractivity contribution in [3.63, 3.8) is 0 Å². The number of alkyl halides is 3. The summed E-state index contributed by atoms with van der Waals surface area (Å²) in [6.45, 7) is 8.31. The number of para-hydroxylation sites is 1. The monoisotopic (exact) mass is 500 g/mol. The zero-order valence-electron chi connectivity index (χ0n) is 20.6. The lowest BCUT2D eigenvalue weighted by Gasteiger charge is -2.29. The number of aromatic nitrogens is 4. The van der Waals surface area contributed by atoms with Gasteiger partial charge < -0.3 is 15.7 Å². The van der Waals surface area contributed by atoms with E-state index in [2.05, 4.69) is 39.7 Å². The zero-order valence-corrected chi connectivity index (χ0v) is 20.6. The van der Waals surface area contributed by atoms with Gasteiger partial charge in [-0.1, -0.05) is 44.2 Å². The van der Waals surface area contributed by atoms with E-state index in [9.17, 15) is 13.2 Å². The lowest BCUT2D eigenvalue weighted by molar-refractivity contribution is -0.127. The number of hydrogen-bond donors (Lipinski definition) is 3. The third kappa shape index (κ3) is 6.00. The van der Waals surface area contributed by atoms with Crippen LogP contribution in [0.5, 0.6) is 0 Å². The highest BCUT2D eigenvalue weighted by Crippen LogP contribution is 2.25. The molecule has 1 aliphatic heterocycles. The summed E-state index contributed by atoms with van der Waals surface area (Å²) in [4.78, 5) is 4.63. The summed E-state index contributed by atoms with van der Waals surface area (Å²) in [6.07, 6.45) is -2.81. The summed E-state index contributed by atoms with van der Waals surface area (Å²) in [5.41, 5.74) is 3.01. The molecule has 0 radical (unpaired) electrons. The molecule has 0 amide bonds. The minimum atomic E-state index is -4.26. The van der Waals surface area contributed by atoms with Gasteiger partial charge in [-0.2, -0.15) is 13.2 Å². The Morgan fingerprint density at radius 3 is 2.61 bits per heavy atom. The third-order valence-electron chi connectivity index (χ3n) is 6.16. The fourth-order valence-electron chi connectivity index (χ4n) is 4.53. The van der Waals surface area contributed by atoms with Crippen molar-refractivity contribution in [2.45, 2.75) is 51.4 Å². The SMILES string of the molecule is CC(C)NC1(CO)CCNC1.Cc1cccc2ccc(-c3nnc4ccc(CC(F)(F)F)cn34)nc12. The highest BCUT2D eigenvalue weighted by atomic mass is 19.4. The van der Waals surface area contributed by atoms with Crippen molar-refractivity contribution in [1.82, 2.24) is 30.2 Å². The van der Waals surface area contributed by atoms with Crippen molar-refractivity contribution < 1.29 is 18.3 Å². The Labute approximate surface area is 207 Å². The van der Waals surface area contributed by atoms with Crippen LogP contribution in [-0.4, -0.2) is 62.1 Å². The van der Waals surface area contributed by atoms with E-state index in [0.717, 1.165) is 36.0 Å². The van der Waals surface area contributed by atoms with Crippen LogP contribution in [0.2, 0.25) is 0 Å². The molecule has 1 atom stereocenters. The molecular weight excluding hydrogens is 469 g/mol. The van der Waals surface area contributed by atoms with Crippen LogP contribution in [0.4, 0.5) is 13.2 Å². The molecule has 0 aliphatic carbocycles. The minimum Gasteiger partial charge on any atom is -0.394 e. The number of nitrogens with zero attached hydrogens (tertiary/aromatic N) is 4. The van der Waals surface area contributed by atoms with Crippen molar-refractivity contribution in [1.29, 1.82) is 0 Å². The summed E-state index contributed by atoms with van der Waals surface area (Å²) >= 11 is 0.